The van der Waals surface area contributed by atoms with Crippen molar-refractivity contribution < 1.29 is 27.8 Å². The molecule has 1 unspecified atom stereocenters. The Morgan fingerprint density at radius 3 is 2.54 bits per heavy atom. The van der Waals surface area contributed by atoms with Crippen LogP contribution >= 0.6 is 11.6 Å². The Balaban J connectivity index is 1.84. The van der Waals surface area contributed by atoms with Crippen LogP contribution in [0.2, 0.25) is 5.02 Å². The van der Waals surface area contributed by atoms with Crippen LogP contribution in [-0.4, -0.2) is 23.4 Å². The molecule has 0 bridgehead atoms. The first-order chi connectivity index (χ1) is 12.3. The van der Waals surface area contributed by atoms with Gasteiger partial charge in [-0.15, -0.1) is 0 Å². The Bertz CT molecular complexity index is 721. The molecule has 0 aromatic heterocycles. The second kappa shape index (κ2) is 7.51. The van der Waals surface area contributed by atoms with Gasteiger partial charge in [-0.3, -0.25) is 0 Å². The Morgan fingerprint density at radius 1 is 1.23 bits per heavy atom. The van der Waals surface area contributed by atoms with Crippen LogP contribution < -0.4 is 4.74 Å². The highest BCUT2D eigenvalue weighted by Crippen LogP contribution is 2.40. The molecule has 1 saturated carbocycles. The van der Waals surface area contributed by atoms with Crippen LogP contribution in [0.5, 0.6) is 5.75 Å². The summed E-state index contributed by atoms with van der Waals surface area (Å²) in [5.74, 6) is -1.01. The quantitative estimate of drug-likeness (QED) is 0.725. The average Bonchev–Trinajstić information content (AvgIpc) is 2.59. The lowest BCUT2D eigenvalue weighted by Crippen LogP contribution is -2.40. The molecule has 1 fully saturated rings. The standard InChI is InChI=1S/C19H20ClF3O3/c20-15-9-13-8-14(18(24)25)17(19(21,22)23)26-16(13)10-12(15)7-6-11-4-2-1-3-5-11/h8-11,17H,1-7H2,(H,24,25). The van der Waals surface area contributed by atoms with Gasteiger partial charge in [0.1, 0.15) is 5.75 Å². The lowest BCUT2D eigenvalue weighted by molar-refractivity contribution is -0.187. The molecule has 0 amide bonds. The van der Waals surface area contributed by atoms with E-state index in [0.717, 1.165) is 18.1 Å². The third-order valence-corrected chi connectivity index (χ3v) is 5.46. The summed E-state index contributed by atoms with van der Waals surface area (Å²) in [5, 5.41) is 9.49. The molecule has 1 aliphatic carbocycles. The summed E-state index contributed by atoms with van der Waals surface area (Å²) in [7, 11) is 0. The van der Waals surface area contributed by atoms with Crippen LogP contribution in [-0.2, 0) is 11.2 Å². The Morgan fingerprint density at radius 2 is 1.92 bits per heavy atom. The highest BCUT2D eigenvalue weighted by Gasteiger charge is 2.48. The maximum absolute atomic E-state index is 13.2. The van der Waals surface area contributed by atoms with Crippen molar-refractivity contribution in [3.63, 3.8) is 0 Å². The molecule has 0 saturated heterocycles. The van der Waals surface area contributed by atoms with Gasteiger partial charge in [-0.05, 0) is 42.5 Å². The van der Waals surface area contributed by atoms with Crippen molar-refractivity contribution in [2.24, 2.45) is 5.92 Å². The van der Waals surface area contributed by atoms with Gasteiger partial charge in [-0.1, -0.05) is 43.7 Å². The first-order valence-electron chi connectivity index (χ1n) is 8.76. The largest absolute Gasteiger partial charge is 0.478 e. The number of halogens is 4. The molecule has 1 heterocycles. The minimum atomic E-state index is -4.80. The minimum absolute atomic E-state index is 0.0281. The lowest BCUT2D eigenvalue weighted by atomic mass is 9.85. The summed E-state index contributed by atoms with van der Waals surface area (Å²) >= 11 is 6.28. The number of aliphatic carboxylic acids is 1. The molecule has 1 aromatic rings. The van der Waals surface area contributed by atoms with Crippen molar-refractivity contribution >= 4 is 23.6 Å². The summed E-state index contributed by atoms with van der Waals surface area (Å²) in [6.45, 7) is 0. The summed E-state index contributed by atoms with van der Waals surface area (Å²) in [6.07, 6.45) is 1.41. The fourth-order valence-corrected chi connectivity index (χ4v) is 3.97. The summed E-state index contributed by atoms with van der Waals surface area (Å²) < 4.78 is 44.5. The highest BCUT2D eigenvalue weighted by atomic mass is 35.5. The normalized spacial score (nSPS) is 20.9. The first-order valence-corrected chi connectivity index (χ1v) is 9.14. The Hall–Kier alpha value is -1.69. The number of aryl methyl sites for hydroxylation is 1. The predicted molar refractivity (Wildman–Crippen MR) is 92.4 cm³/mol. The number of hydrogen-bond donors (Lipinski definition) is 1. The van der Waals surface area contributed by atoms with E-state index in [2.05, 4.69) is 0 Å². The summed E-state index contributed by atoms with van der Waals surface area (Å²) in [6, 6.07) is 3.01. The molecule has 1 N–H and O–H groups in total. The lowest BCUT2D eigenvalue weighted by Gasteiger charge is -2.28. The van der Waals surface area contributed by atoms with E-state index in [-0.39, 0.29) is 11.3 Å². The van der Waals surface area contributed by atoms with Crippen molar-refractivity contribution in [1.82, 2.24) is 0 Å². The Kier molecular flexibility index (Phi) is 5.51. The van der Waals surface area contributed by atoms with E-state index < -0.39 is 23.8 Å². The number of alkyl halides is 3. The van der Waals surface area contributed by atoms with Gasteiger partial charge in [0.15, 0.2) is 0 Å². The molecule has 26 heavy (non-hydrogen) atoms. The van der Waals surface area contributed by atoms with Gasteiger partial charge in [0, 0.05) is 10.6 Å². The van der Waals surface area contributed by atoms with E-state index in [1.54, 1.807) is 0 Å². The summed E-state index contributed by atoms with van der Waals surface area (Å²) in [5.41, 5.74) is 0.162. The van der Waals surface area contributed by atoms with E-state index in [0.29, 0.717) is 17.4 Å². The number of hydrogen-bond acceptors (Lipinski definition) is 2. The third kappa shape index (κ3) is 4.17. The van der Waals surface area contributed by atoms with Crippen molar-refractivity contribution in [2.75, 3.05) is 0 Å². The van der Waals surface area contributed by atoms with Crippen LogP contribution in [0.25, 0.3) is 6.08 Å². The van der Waals surface area contributed by atoms with Crippen LogP contribution in [0.3, 0.4) is 0 Å². The average molecular weight is 389 g/mol. The van der Waals surface area contributed by atoms with Crippen molar-refractivity contribution in [1.29, 1.82) is 0 Å². The van der Waals surface area contributed by atoms with Gasteiger partial charge in [0.25, 0.3) is 0 Å². The number of rotatable bonds is 4. The zero-order chi connectivity index (χ0) is 18.9. The second-order valence-electron chi connectivity index (χ2n) is 6.97. The van der Waals surface area contributed by atoms with Crippen LogP contribution in [0.1, 0.15) is 49.7 Å². The minimum Gasteiger partial charge on any atom is -0.478 e. The highest BCUT2D eigenvalue weighted by molar-refractivity contribution is 6.31. The van der Waals surface area contributed by atoms with E-state index >= 15 is 0 Å². The number of benzene rings is 1. The van der Waals surface area contributed by atoms with Gasteiger partial charge in [-0.25, -0.2) is 4.79 Å². The van der Waals surface area contributed by atoms with E-state index in [4.69, 9.17) is 21.4 Å². The molecular formula is C19H20ClF3O3. The number of fused-ring (bicyclic) bond motifs is 1. The van der Waals surface area contributed by atoms with E-state index in [1.807, 2.05) is 0 Å². The van der Waals surface area contributed by atoms with Crippen molar-refractivity contribution in [2.45, 2.75) is 57.2 Å². The molecule has 1 aliphatic heterocycles. The molecule has 142 valence electrons. The fourth-order valence-electron chi connectivity index (χ4n) is 3.70. The molecular weight excluding hydrogens is 369 g/mol. The zero-order valence-electron chi connectivity index (χ0n) is 14.1. The van der Waals surface area contributed by atoms with Crippen LogP contribution in [0.4, 0.5) is 13.2 Å². The fraction of sp³-hybridized carbons (Fsp3) is 0.526. The van der Waals surface area contributed by atoms with Crippen molar-refractivity contribution in [3.8, 4) is 5.75 Å². The molecule has 0 spiro atoms. The molecule has 0 radical (unpaired) electrons. The van der Waals surface area contributed by atoms with Gasteiger partial charge >= 0.3 is 12.1 Å². The van der Waals surface area contributed by atoms with Gasteiger partial charge in [0.05, 0.1) is 5.57 Å². The predicted octanol–water partition coefficient (Wildman–Crippen LogP) is 5.64. The number of carboxylic acid groups (broad SMARTS) is 1. The van der Waals surface area contributed by atoms with Crippen LogP contribution in [0.15, 0.2) is 17.7 Å². The zero-order valence-corrected chi connectivity index (χ0v) is 14.9. The molecule has 3 nitrogen and oxygen atoms in total. The molecule has 7 heteroatoms. The molecule has 1 aromatic carbocycles. The van der Waals surface area contributed by atoms with Gasteiger partial charge in [-0.2, -0.15) is 13.2 Å². The van der Waals surface area contributed by atoms with Crippen LogP contribution in [0, 0.1) is 5.92 Å². The molecule has 3 rings (SSSR count). The third-order valence-electron chi connectivity index (χ3n) is 5.11. The maximum atomic E-state index is 13.2. The Labute approximate surface area is 154 Å². The molecule has 2 aliphatic rings. The summed E-state index contributed by atoms with van der Waals surface area (Å²) in [4.78, 5) is 11.2. The first kappa shape index (κ1) is 19.1. The van der Waals surface area contributed by atoms with E-state index in [1.165, 1.54) is 44.2 Å². The smallest absolute Gasteiger partial charge is 0.430 e. The topological polar surface area (TPSA) is 46.5 Å². The SMILES string of the molecule is O=C(O)C1=Cc2cc(Cl)c(CCC3CCCCC3)cc2OC1C(F)(F)F. The number of carbonyl (C=O) groups is 1. The van der Waals surface area contributed by atoms with Crippen molar-refractivity contribution in [3.05, 3.63) is 33.9 Å². The maximum Gasteiger partial charge on any atom is 0.430 e. The van der Waals surface area contributed by atoms with Gasteiger partial charge < -0.3 is 9.84 Å². The number of ether oxygens (including phenoxy) is 1. The molecule has 1 atom stereocenters. The second-order valence-corrected chi connectivity index (χ2v) is 7.38. The van der Waals surface area contributed by atoms with E-state index in [9.17, 15) is 18.0 Å². The van der Waals surface area contributed by atoms with Gasteiger partial charge in [0.2, 0.25) is 6.10 Å². The monoisotopic (exact) mass is 388 g/mol. The number of carboxylic acids is 1.